The minimum absolute atomic E-state index is 0.0800. The zero-order valence-corrected chi connectivity index (χ0v) is 13.7. The fourth-order valence-electron chi connectivity index (χ4n) is 3.19. The van der Waals surface area contributed by atoms with Gasteiger partial charge in [0.1, 0.15) is 19.2 Å². The number of aromatic nitrogens is 5. The quantitative estimate of drug-likeness (QED) is 0.726. The van der Waals surface area contributed by atoms with Crippen molar-refractivity contribution in [3.63, 3.8) is 0 Å². The normalized spacial score (nSPS) is 17.0. The molecule has 1 unspecified atom stereocenters. The molecule has 0 bridgehead atoms. The number of rotatable bonds is 4. The average molecular weight is 334 g/mol. The van der Waals surface area contributed by atoms with Crippen molar-refractivity contribution in [2.24, 2.45) is 0 Å². The minimum Gasteiger partial charge on any atom is -0.340 e. The molecule has 0 saturated carbocycles. The number of amides is 1. The van der Waals surface area contributed by atoms with Gasteiger partial charge >= 0.3 is 0 Å². The lowest BCUT2D eigenvalue weighted by Gasteiger charge is -2.17. The third-order valence-electron chi connectivity index (χ3n) is 4.54. The molecule has 126 valence electrons. The standard InChI is InChI=1S/C18H18N6O/c25-18(11-24-13-20-12-22-24)23-8-4-16(10-23)15-3-7-21-17(9-15)14-1-5-19-6-2-14/h1-3,5-7,9,12-13,16H,4,8,10-11H2. The highest BCUT2D eigenvalue weighted by Crippen LogP contribution is 2.29. The Labute approximate surface area is 145 Å². The van der Waals surface area contributed by atoms with Crippen LogP contribution in [0.15, 0.2) is 55.5 Å². The van der Waals surface area contributed by atoms with Crippen LogP contribution in [-0.2, 0) is 11.3 Å². The summed E-state index contributed by atoms with van der Waals surface area (Å²) in [6.07, 6.45) is 9.34. The highest BCUT2D eigenvalue weighted by Gasteiger charge is 2.27. The summed E-state index contributed by atoms with van der Waals surface area (Å²) in [5.41, 5.74) is 3.21. The van der Waals surface area contributed by atoms with Gasteiger partial charge in [-0.25, -0.2) is 9.67 Å². The monoisotopic (exact) mass is 334 g/mol. The Hall–Kier alpha value is -3.09. The van der Waals surface area contributed by atoms with Crippen LogP contribution in [0, 0.1) is 0 Å². The minimum atomic E-state index is 0.0800. The largest absolute Gasteiger partial charge is 0.340 e. The first-order valence-electron chi connectivity index (χ1n) is 8.26. The van der Waals surface area contributed by atoms with Crippen LogP contribution in [-0.4, -0.2) is 48.6 Å². The third-order valence-corrected chi connectivity index (χ3v) is 4.54. The van der Waals surface area contributed by atoms with Gasteiger partial charge in [0, 0.05) is 43.2 Å². The van der Waals surface area contributed by atoms with Crippen LogP contribution in [0.25, 0.3) is 11.3 Å². The van der Waals surface area contributed by atoms with E-state index in [1.54, 1.807) is 23.4 Å². The second-order valence-electron chi connectivity index (χ2n) is 6.13. The van der Waals surface area contributed by atoms with Gasteiger partial charge in [-0.05, 0) is 36.2 Å². The first kappa shape index (κ1) is 15.4. The van der Waals surface area contributed by atoms with Gasteiger partial charge in [0.15, 0.2) is 0 Å². The summed E-state index contributed by atoms with van der Waals surface area (Å²) in [5.74, 6) is 0.416. The molecule has 1 fully saturated rings. The highest BCUT2D eigenvalue weighted by molar-refractivity contribution is 5.76. The van der Waals surface area contributed by atoms with Crippen molar-refractivity contribution in [3.8, 4) is 11.3 Å². The lowest BCUT2D eigenvalue weighted by atomic mass is 9.98. The van der Waals surface area contributed by atoms with Gasteiger partial charge < -0.3 is 4.90 Å². The average Bonchev–Trinajstić information content (AvgIpc) is 3.34. The Balaban J connectivity index is 1.46. The lowest BCUT2D eigenvalue weighted by molar-refractivity contribution is -0.131. The molecule has 1 amide bonds. The van der Waals surface area contributed by atoms with Crippen molar-refractivity contribution in [1.29, 1.82) is 0 Å². The first-order chi connectivity index (χ1) is 12.3. The number of likely N-dealkylation sites (tertiary alicyclic amines) is 1. The fourth-order valence-corrected chi connectivity index (χ4v) is 3.19. The van der Waals surface area contributed by atoms with E-state index in [4.69, 9.17) is 0 Å². The second kappa shape index (κ2) is 6.80. The molecule has 0 N–H and O–H groups in total. The van der Waals surface area contributed by atoms with E-state index in [0.29, 0.717) is 5.92 Å². The Kier molecular flexibility index (Phi) is 4.20. The van der Waals surface area contributed by atoms with Crippen LogP contribution in [0.4, 0.5) is 0 Å². The molecular formula is C18H18N6O. The second-order valence-corrected chi connectivity index (χ2v) is 6.13. The number of hydrogen-bond donors (Lipinski definition) is 0. The molecule has 0 aromatic carbocycles. The van der Waals surface area contributed by atoms with E-state index < -0.39 is 0 Å². The molecule has 3 aromatic heterocycles. The molecule has 1 saturated heterocycles. The molecule has 4 rings (SSSR count). The number of pyridine rings is 2. The molecule has 1 aliphatic heterocycles. The van der Waals surface area contributed by atoms with Crippen LogP contribution in [0.3, 0.4) is 0 Å². The summed E-state index contributed by atoms with van der Waals surface area (Å²) in [6, 6.07) is 8.07. The van der Waals surface area contributed by atoms with Gasteiger partial charge in [-0.15, -0.1) is 0 Å². The molecule has 0 aliphatic carbocycles. The SMILES string of the molecule is O=C(Cn1cncn1)N1CCC(c2ccnc(-c3ccncc3)c2)C1. The van der Waals surface area contributed by atoms with Crippen molar-refractivity contribution in [3.05, 3.63) is 61.1 Å². The molecular weight excluding hydrogens is 316 g/mol. The van der Waals surface area contributed by atoms with E-state index in [9.17, 15) is 4.79 Å². The first-order valence-corrected chi connectivity index (χ1v) is 8.26. The maximum Gasteiger partial charge on any atom is 0.244 e. The third kappa shape index (κ3) is 3.40. The van der Waals surface area contributed by atoms with Crippen molar-refractivity contribution >= 4 is 5.91 Å². The van der Waals surface area contributed by atoms with E-state index in [1.165, 1.54) is 11.9 Å². The predicted octanol–water partition coefficient (Wildman–Crippen LogP) is 1.75. The maximum atomic E-state index is 12.4. The molecule has 4 heterocycles. The lowest BCUT2D eigenvalue weighted by Crippen LogP contribution is -2.31. The van der Waals surface area contributed by atoms with Crippen molar-refractivity contribution < 1.29 is 4.79 Å². The Bertz CT molecular complexity index is 849. The number of carbonyl (C=O) groups is 1. The molecule has 25 heavy (non-hydrogen) atoms. The van der Waals surface area contributed by atoms with E-state index in [-0.39, 0.29) is 12.5 Å². The van der Waals surface area contributed by atoms with Gasteiger partial charge in [0.2, 0.25) is 5.91 Å². The van der Waals surface area contributed by atoms with Crippen molar-refractivity contribution in [1.82, 2.24) is 29.6 Å². The highest BCUT2D eigenvalue weighted by atomic mass is 16.2. The van der Waals surface area contributed by atoms with Gasteiger partial charge in [0.05, 0.1) is 5.69 Å². The smallest absolute Gasteiger partial charge is 0.244 e. The van der Waals surface area contributed by atoms with E-state index >= 15 is 0 Å². The van der Waals surface area contributed by atoms with Gasteiger partial charge in [0.25, 0.3) is 0 Å². The summed E-state index contributed by atoms with van der Waals surface area (Å²) in [6.45, 7) is 1.74. The van der Waals surface area contributed by atoms with Crippen molar-refractivity contribution in [2.45, 2.75) is 18.9 Å². The van der Waals surface area contributed by atoms with E-state index in [1.807, 2.05) is 29.3 Å². The Morgan fingerprint density at radius 2 is 2.04 bits per heavy atom. The zero-order valence-electron chi connectivity index (χ0n) is 13.7. The predicted molar refractivity (Wildman–Crippen MR) is 91.4 cm³/mol. The zero-order chi connectivity index (χ0) is 17.1. The van der Waals surface area contributed by atoms with E-state index in [0.717, 1.165) is 30.8 Å². The van der Waals surface area contributed by atoms with Gasteiger partial charge in [-0.1, -0.05) is 0 Å². The molecule has 0 spiro atoms. The molecule has 7 nitrogen and oxygen atoms in total. The van der Waals surface area contributed by atoms with Crippen LogP contribution in [0.5, 0.6) is 0 Å². The van der Waals surface area contributed by atoms with E-state index in [2.05, 4.69) is 26.1 Å². The number of nitrogens with zero attached hydrogens (tertiary/aromatic N) is 6. The molecule has 0 radical (unpaired) electrons. The van der Waals surface area contributed by atoms with Gasteiger partial charge in [-0.3, -0.25) is 14.8 Å². The summed E-state index contributed by atoms with van der Waals surface area (Å²) >= 11 is 0. The topological polar surface area (TPSA) is 76.8 Å². The molecule has 7 heteroatoms. The number of hydrogen-bond acceptors (Lipinski definition) is 5. The molecule has 1 atom stereocenters. The molecule has 3 aromatic rings. The van der Waals surface area contributed by atoms with Crippen LogP contribution >= 0.6 is 0 Å². The Morgan fingerprint density at radius 1 is 1.16 bits per heavy atom. The summed E-state index contributed by atoms with van der Waals surface area (Å²) in [4.78, 5) is 26.7. The number of carbonyl (C=O) groups excluding carboxylic acids is 1. The van der Waals surface area contributed by atoms with Gasteiger partial charge in [-0.2, -0.15) is 5.10 Å². The summed E-state index contributed by atoms with van der Waals surface area (Å²) in [5, 5.41) is 3.99. The Morgan fingerprint density at radius 3 is 2.84 bits per heavy atom. The van der Waals surface area contributed by atoms with Crippen molar-refractivity contribution in [2.75, 3.05) is 13.1 Å². The van der Waals surface area contributed by atoms with Crippen LogP contribution in [0.1, 0.15) is 17.9 Å². The summed E-state index contributed by atoms with van der Waals surface area (Å²) in [7, 11) is 0. The van der Waals surface area contributed by atoms with Crippen LogP contribution in [0.2, 0.25) is 0 Å². The van der Waals surface area contributed by atoms with Crippen LogP contribution < -0.4 is 0 Å². The fraction of sp³-hybridized carbons (Fsp3) is 0.278. The summed E-state index contributed by atoms with van der Waals surface area (Å²) < 4.78 is 1.56. The molecule has 1 aliphatic rings. The maximum absolute atomic E-state index is 12.4.